The van der Waals surface area contributed by atoms with E-state index in [1.165, 1.54) is 0 Å². The van der Waals surface area contributed by atoms with Crippen LogP contribution in [-0.2, 0) is 0 Å². The smallest absolute Gasteiger partial charge is 0.179 e. The van der Waals surface area contributed by atoms with Crippen LogP contribution in [0.1, 0.15) is 45.4 Å². The summed E-state index contributed by atoms with van der Waals surface area (Å²) in [5.74, 6) is 2.05. The molecule has 0 saturated heterocycles. The van der Waals surface area contributed by atoms with Crippen LogP contribution in [0.2, 0.25) is 0 Å². The number of aliphatic hydroxyl groups excluding tert-OH is 1. The van der Waals surface area contributed by atoms with Gasteiger partial charge in [-0.3, -0.25) is 0 Å². The van der Waals surface area contributed by atoms with Gasteiger partial charge in [-0.1, -0.05) is 19.8 Å². The molecule has 2 atom stereocenters. The number of nitrogens with one attached hydrogen (secondary N) is 1. The molecule has 1 aromatic rings. The standard InChI is InChI=1S/C14H25N3O2/c1-5-6-7-12(8-10(2)18)17-14-13(19-4)9-15-11(3)16-14/h9-10,12,18H,5-8H2,1-4H3,(H,15,16,17)/t10-,12+/m1/s1. The second-order valence-corrected chi connectivity index (χ2v) is 4.90. The topological polar surface area (TPSA) is 67.3 Å². The van der Waals surface area contributed by atoms with Crippen LogP contribution in [0.5, 0.6) is 5.75 Å². The molecule has 0 unspecified atom stereocenters. The summed E-state index contributed by atoms with van der Waals surface area (Å²) in [5.41, 5.74) is 0. The van der Waals surface area contributed by atoms with Crippen LogP contribution < -0.4 is 10.1 Å². The van der Waals surface area contributed by atoms with Gasteiger partial charge in [0.15, 0.2) is 11.6 Å². The Bertz CT molecular complexity index is 383. The number of aliphatic hydroxyl groups is 1. The maximum Gasteiger partial charge on any atom is 0.179 e. The molecule has 0 bridgehead atoms. The number of nitrogens with zero attached hydrogens (tertiary/aromatic N) is 2. The minimum atomic E-state index is -0.330. The highest BCUT2D eigenvalue weighted by molar-refractivity contribution is 5.49. The number of hydrogen-bond donors (Lipinski definition) is 2. The molecule has 0 aliphatic carbocycles. The third-order valence-corrected chi connectivity index (χ3v) is 2.97. The lowest BCUT2D eigenvalue weighted by Crippen LogP contribution is -2.25. The number of rotatable bonds is 8. The van der Waals surface area contributed by atoms with Crippen molar-refractivity contribution in [2.45, 2.75) is 58.6 Å². The molecule has 108 valence electrons. The van der Waals surface area contributed by atoms with Crippen LogP contribution in [0, 0.1) is 6.92 Å². The fraction of sp³-hybridized carbons (Fsp3) is 0.714. The minimum Gasteiger partial charge on any atom is -0.491 e. The summed E-state index contributed by atoms with van der Waals surface area (Å²) < 4.78 is 5.26. The van der Waals surface area contributed by atoms with Gasteiger partial charge in [-0.25, -0.2) is 9.97 Å². The lowest BCUT2D eigenvalue weighted by Gasteiger charge is -2.21. The third kappa shape index (κ3) is 5.42. The highest BCUT2D eigenvalue weighted by Crippen LogP contribution is 2.23. The number of aromatic nitrogens is 2. The van der Waals surface area contributed by atoms with E-state index in [1.54, 1.807) is 13.3 Å². The van der Waals surface area contributed by atoms with E-state index in [9.17, 15) is 5.11 Å². The zero-order valence-electron chi connectivity index (χ0n) is 12.3. The number of hydrogen-bond acceptors (Lipinski definition) is 5. The molecule has 2 N–H and O–H groups in total. The highest BCUT2D eigenvalue weighted by Gasteiger charge is 2.15. The maximum atomic E-state index is 9.58. The van der Waals surface area contributed by atoms with Crippen molar-refractivity contribution in [2.75, 3.05) is 12.4 Å². The van der Waals surface area contributed by atoms with Gasteiger partial charge in [0, 0.05) is 6.04 Å². The van der Waals surface area contributed by atoms with E-state index in [0.29, 0.717) is 23.8 Å². The van der Waals surface area contributed by atoms with E-state index >= 15 is 0 Å². The molecular formula is C14H25N3O2. The van der Waals surface area contributed by atoms with Crippen LogP contribution in [0.3, 0.4) is 0 Å². The Morgan fingerprint density at radius 1 is 1.47 bits per heavy atom. The third-order valence-electron chi connectivity index (χ3n) is 2.97. The predicted molar refractivity (Wildman–Crippen MR) is 76.6 cm³/mol. The average Bonchev–Trinajstić information content (AvgIpc) is 2.35. The van der Waals surface area contributed by atoms with E-state index in [0.717, 1.165) is 19.3 Å². The van der Waals surface area contributed by atoms with Crippen molar-refractivity contribution in [2.24, 2.45) is 0 Å². The van der Waals surface area contributed by atoms with Gasteiger partial charge in [-0.2, -0.15) is 0 Å². The fourth-order valence-electron chi connectivity index (χ4n) is 2.02. The first-order chi connectivity index (χ1) is 9.06. The number of ether oxygens (including phenoxy) is 1. The molecule has 0 aromatic carbocycles. The van der Waals surface area contributed by atoms with E-state index in [4.69, 9.17) is 4.74 Å². The molecule has 0 spiro atoms. The number of aryl methyl sites for hydroxylation is 1. The molecule has 0 radical (unpaired) electrons. The molecule has 5 heteroatoms. The lowest BCUT2D eigenvalue weighted by molar-refractivity contribution is 0.175. The van der Waals surface area contributed by atoms with Crippen molar-refractivity contribution < 1.29 is 9.84 Å². The maximum absolute atomic E-state index is 9.58. The molecule has 0 saturated carbocycles. The fourth-order valence-corrected chi connectivity index (χ4v) is 2.02. The highest BCUT2D eigenvalue weighted by atomic mass is 16.5. The predicted octanol–water partition coefficient (Wildman–Crippen LogP) is 2.54. The summed E-state index contributed by atoms with van der Waals surface area (Å²) in [6.07, 6.45) is 5.31. The minimum absolute atomic E-state index is 0.197. The molecule has 1 aromatic heterocycles. The monoisotopic (exact) mass is 267 g/mol. The molecule has 19 heavy (non-hydrogen) atoms. The average molecular weight is 267 g/mol. The number of unbranched alkanes of at least 4 members (excludes halogenated alkanes) is 1. The molecular weight excluding hydrogens is 242 g/mol. The summed E-state index contributed by atoms with van der Waals surface area (Å²) in [5, 5.41) is 12.9. The van der Waals surface area contributed by atoms with Gasteiger partial charge < -0.3 is 15.2 Å². The summed E-state index contributed by atoms with van der Waals surface area (Å²) in [4.78, 5) is 8.49. The van der Waals surface area contributed by atoms with Crippen LogP contribution in [0.4, 0.5) is 5.82 Å². The molecule has 1 heterocycles. The van der Waals surface area contributed by atoms with Gasteiger partial charge in [-0.15, -0.1) is 0 Å². The van der Waals surface area contributed by atoms with E-state index < -0.39 is 0 Å². The van der Waals surface area contributed by atoms with Crippen LogP contribution in [0.15, 0.2) is 6.20 Å². The van der Waals surface area contributed by atoms with Crippen molar-refractivity contribution >= 4 is 5.82 Å². The zero-order valence-corrected chi connectivity index (χ0v) is 12.3. The molecule has 5 nitrogen and oxygen atoms in total. The largest absolute Gasteiger partial charge is 0.491 e. The first-order valence-electron chi connectivity index (χ1n) is 6.89. The SMILES string of the molecule is CCCC[C@@H](C[C@@H](C)O)Nc1nc(C)ncc1OC. The quantitative estimate of drug-likeness (QED) is 0.757. The molecule has 0 fully saturated rings. The van der Waals surface area contributed by atoms with Gasteiger partial charge in [0.1, 0.15) is 5.82 Å². The molecule has 0 aliphatic heterocycles. The Hall–Kier alpha value is -1.36. The van der Waals surface area contributed by atoms with Crippen molar-refractivity contribution in [3.63, 3.8) is 0 Å². The Balaban J connectivity index is 2.78. The molecule has 1 rings (SSSR count). The Kier molecular flexibility index (Phi) is 6.56. The van der Waals surface area contributed by atoms with E-state index in [2.05, 4.69) is 22.2 Å². The first kappa shape index (κ1) is 15.7. The van der Waals surface area contributed by atoms with Gasteiger partial charge in [0.05, 0.1) is 19.4 Å². The lowest BCUT2D eigenvalue weighted by atomic mass is 10.0. The molecule has 0 aliphatic rings. The van der Waals surface area contributed by atoms with Gasteiger partial charge in [0.2, 0.25) is 0 Å². The van der Waals surface area contributed by atoms with Crippen LogP contribution in [0.25, 0.3) is 0 Å². The van der Waals surface area contributed by atoms with Crippen molar-refractivity contribution in [1.82, 2.24) is 9.97 Å². The van der Waals surface area contributed by atoms with E-state index in [-0.39, 0.29) is 12.1 Å². The Morgan fingerprint density at radius 2 is 2.21 bits per heavy atom. The van der Waals surface area contributed by atoms with Crippen LogP contribution in [-0.4, -0.2) is 34.3 Å². The van der Waals surface area contributed by atoms with Gasteiger partial charge >= 0.3 is 0 Å². The zero-order chi connectivity index (χ0) is 14.3. The van der Waals surface area contributed by atoms with Crippen molar-refractivity contribution in [3.05, 3.63) is 12.0 Å². The Morgan fingerprint density at radius 3 is 2.79 bits per heavy atom. The second kappa shape index (κ2) is 7.94. The van der Waals surface area contributed by atoms with Crippen molar-refractivity contribution in [3.8, 4) is 5.75 Å². The van der Waals surface area contributed by atoms with Crippen molar-refractivity contribution in [1.29, 1.82) is 0 Å². The van der Waals surface area contributed by atoms with Gasteiger partial charge in [-0.05, 0) is 26.7 Å². The summed E-state index contributed by atoms with van der Waals surface area (Å²) in [6.45, 7) is 5.82. The summed E-state index contributed by atoms with van der Waals surface area (Å²) >= 11 is 0. The molecule has 0 amide bonds. The van der Waals surface area contributed by atoms with Gasteiger partial charge in [0.25, 0.3) is 0 Å². The summed E-state index contributed by atoms with van der Waals surface area (Å²) in [7, 11) is 1.61. The Labute approximate surface area is 115 Å². The number of anilines is 1. The first-order valence-corrected chi connectivity index (χ1v) is 6.89. The normalized spacial score (nSPS) is 13.9. The summed E-state index contributed by atoms with van der Waals surface area (Å²) in [6, 6.07) is 0.197. The van der Waals surface area contributed by atoms with Crippen LogP contribution >= 0.6 is 0 Å². The van der Waals surface area contributed by atoms with E-state index in [1.807, 2.05) is 13.8 Å². The second-order valence-electron chi connectivity index (χ2n) is 4.90. The number of methoxy groups -OCH3 is 1.